The van der Waals surface area contributed by atoms with Gasteiger partial charge in [-0.2, -0.15) is 0 Å². The van der Waals surface area contributed by atoms with Crippen LogP contribution in [-0.4, -0.2) is 11.7 Å². The molecule has 0 radical (unpaired) electrons. The first kappa shape index (κ1) is 12.3. The Morgan fingerprint density at radius 3 is 2.13 bits per heavy atom. The minimum absolute atomic E-state index is 0.133. The number of rotatable bonds is 3. The molecule has 0 atom stereocenters. The number of carbonyl (C=O) groups excluding carboxylic acids is 1. The third kappa shape index (κ3) is 2.40. The standard InChI is InChI=1S/C13H17ClO/c1-9-6-5-7-10(2)11(9)12(15)13(3,4)8-14/h5-7H,8H2,1-4H3. The highest BCUT2D eigenvalue weighted by Crippen LogP contribution is 2.27. The lowest BCUT2D eigenvalue weighted by Gasteiger charge is -2.22. The van der Waals surface area contributed by atoms with E-state index in [1.165, 1.54) is 0 Å². The number of hydrogen-bond acceptors (Lipinski definition) is 1. The topological polar surface area (TPSA) is 17.1 Å². The lowest BCUT2D eigenvalue weighted by Crippen LogP contribution is -2.27. The van der Waals surface area contributed by atoms with Gasteiger partial charge in [0.05, 0.1) is 0 Å². The van der Waals surface area contributed by atoms with Gasteiger partial charge >= 0.3 is 0 Å². The van der Waals surface area contributed by atoms with Crippen LogP contribution in [0.4, 0.5) is 0 Å². The van der Waals surface area contributed by atoms with Crippen LogP contribution in [0.15, 0.2) is 18.2 Å². The van der Waals surface area contributed by atoms with Gasteiger partial charge in [-0.1, -0.05) is 32.0 Å². The fourth-order valence-corrected chi connectivity index (χ4v) is 1.69. The predicted molar refractivity (Wildman–Crippen MR) is 64.7 cm³/mol. The van der Waals surface area contributed by atoms with Crippen LogP contribution in [0.1, 0.15) is 35.3 Å². The van der Waals surface area contributed by atoms with Crippen molar-refractivity contribution >= 4 is 17.4 Å². The predicted octanol–water partition coefficient (Wildman–Crippen LogP) is 3.75. The van der Waals surface area contributed by atoms with Crippen molar-refractivity contribution < 1.29 is 4.79 Å². The molecule has 0 amide bonds. The fourth-order valence-electron chi connectivity index (χ4n) is 1.57. The second kappa shape index (κ2) is 4.36. The van der Waals surface area contributed by atoms with Gasteiger partial charge in [0.15, 0.2) is 5.78 Å². The maximum absolute atomic E-state index is 12.3. The van der Waals surface area contributed by atoms with E-state index in [2.05, 4.69) is 0 Å². The van der Waals surface area contributed by atoms with Gasteiger partial charge in [0.1, 0.15) is 0 Å². The third-order valence-corrected chi connectivity index (χ3v) is 3.33. The molecule has 0 bridgehead atoms. The molecule has 0 fully saturated rings. The fraction of sp³-hybridized carbons (Fsp3) is 0.462. The van der Waals surface area contributed by atoms with Crippen molar-refractivity contribution in [2.24, 2.45) is 5.41 Å². The minimum Gasteiger partial charge on any atom is -0.294 e. The van der Waals surface area contributed by atoms with Crippen LogP contribution in [0.3, 0.4) is 0 Å². The number of aryl methyl sites for hydroxylation is 2. The van der Waals surface area contributed by atoms with Crippen LogP contribution in [-0.2, 0) is 0 Å². The summed E-state index contributed by atoms with van der Waals surface area (Å²) in [6, 6.07) is 5.89. The van der Waals surface area contributed by atoms with Crippen LogP contribution in [0.5, 0.6) is 0 Å². The summed E-state index contributed by atoms with van der Waals surface area (Å²) in [4.78, 5) is 12.3. The van der Waals surface area contributed by atoms with Crippen molar-refractivity contribution in [3.63, 3.8) is 0 Å². The van der Waals surface area contributed by atoms with Crippen molar-refractivity contribution in [1.82, 2.24) is 0 Å². The van der Waals surface area contributed by atoms with Crippen molar-refractivity contribution in [1.29, 1.82) is 0 Å². The average molecular weight is 225 g/mol. The Kier molecular flexibility index (Phi) is 3.56. The van der Waals surface area contributed by atoms with Crippen molar-refractivity contribution in [2.45, 2.75) is 27.7 Å². The second-order valence-electron chi connectivity index (χ2n) is 4.61. The zero-order valence-electron chi connectivity index (χ0n) is 9.73. The van der Waals surface area contributed by atoms with E-state index in [0.717, 1.165) is 16.7 Å². The normalized spacial score (nSPS) is 11.5. The van der Waals surface area contributed by atoms with Crippen molar-refractivity contribution in [3.05, 3.63) is 34.9 Å². The van der Waals surface area contributed by atoms with E-state index in [1.54, 1.807) is 0 Å². The van der Waals surface area contributed by atoms with Crippen molar-refractivity contribution in [3.8, 4) is 0 Å². The Labute approximate surface area is 96.5 Å². The smallest absolute Gasteiger partial charge is 0.170 e. The molecule has 1 nitrogen and oxygen atoms in total. The minimum atomic E-state index is -0.488. The molecule has 0 aromatic heterocycles. The maximum Gasteiger partial charge on any atom is 0.170 e. The van der Waals surface area contributed by atoms with E-state index in [9.17, 15) is 4.79 Å². The molecule has 1 aromatic carbocycles. The molecule has 0 heterocycles. The summed E-state index contributed by atoms with van der Waals surface area (Å²) in [5.74, 6) is 0.479. The van der Waals surface area contributed by atoms with E-state index in [0.29, 0.717) is 5.88 Å². The number of halogens is 1. The Morgan fingerprint density at radius 2 is 1.73 bits per heavy atom. The zero-order chi connectivity index (χ0) is 11.6. The molecule has 15 heavy (non-hydrogen) atoms. The molecule has 0 unspecified atom stereocenters. The number of hydrogen-bond donors (Lipinski definition) is 0. The number of benzene rings is 1. The van der Waals surface area contributed by atoms with Gasteiger partial charge in [-0.25, -0.2) is 0 Å². The molecule has 0 aliphatic carbocycles. The monoisotopic (exact) mass is 224 g/mol. The summed E-state index contributed by atoms with van der Waals surface area (Å²) >= 11 is 5.82. The number of alkyl halides is 1. The lowest BCUT2D eigenvalue weighted by atomic mass is 9.83. The van der Waals surface area contributed by atoms with Gasteiger partial charge in [0, 0.05) is 16.9 Å². The van der Waals surface area contributed by atoms with Crippen LogP contribution < -0.4 is 0 Å². The van der Waals surface area contributed by atoms with E-state index in [1.807, 2.05) is 45.9 Å². The molecule has 0 N–H and O–H groups in total. The molecule has 1 aromatic rings. The summed E-state index contributed by atoms with van der Waals surface area (Å²) in [6.45, 7) is 7.69. The average Bonchev–Trinajstić information content (AvgIpc) is 2.17. The molecular formula is C13H17ClO. The van der Waals surface area contributed by atoms with E-state index in [-0.39, 0.29) is 5.78 Å². The van der Waals surface area contributed by atoms with Crippen LogP contribution >= 0.6 is 11.6 Å². The van der Waals surface area contributed by atoms with Gasteiger partial charge < -0.3 is 0 Å². The van der Waals surface area contributed by atoms with Crippen molar-refractivity contribution in [2.75, 3.05) is 5.88 Å². The van der Waals surface area contributed by atoms with Gasteiger partial charge in [-0.15, -0.1) is 11.6 Å². The summed E-state index contributed by atoms with van der Waals surface area (Å²) in [7, 11) is 0. The summed E-state index contributed by atoms with van der Waals surface area (Å²) < 4.78 is 0. The molecule has 2 heteroatoms. The molecular weight excluding hydrogens is 208 g/mol. The Morgan fingerprint density at radius 1 is 1.27 bits per heavy atom. The highest BCUT2D eigenvalue weighted by Gasteiger charge is 2.29. The van der Waals surface area contributed by atoms with Gasteiger partial charge in [0.2, 0.25) is 0 Å². The molecule has 0 spiro atoms. The molecule has 0 aliphatic rings. The number of ketones is 1. The highest BCUT2D eigenvalue weighted by molar-refractivity contribution is 6.21. The molecule has 1 rings (SSSR count). The van der Waals surface area contributed by atoms with Crippen LogP contribution in [0.25, 0.3) is 0 Å². The van der Waals surface area contributed by atoms with Gasteiger partial charge in [0.25, 0.3) is 0 Å². The lowest BCUT2D eigenvalue weighted by molar-refractivity contribution is 0.0860. The Hall–Kier alpha value is -0.820. The Balaban J connectivity index is 3.23. The third-order valence-electron chi connectivity index (χ3n) is 2.66. The highest BCUT2D eigenvalue weighted by atomic mass is 35.5. The largest absolute Gasteiger partial charge is 0.294 e. The maximum atomic E-state index is 12.3. The van der Waals surface area contributed by atoms with E-state index in [4.69, 9.17) is 11.6 Å². The second-order valence-corrected chi connectivity index (χ2v) is 4.88. The quantitative estimate of drug-likeness (QED) is 0.565. The van der Waals surface area contributed by atoms with E-state index >= 15 is 0 Å². The molecule has 0 aliphatic heterocycles. The Bertz CT molecular complexity index is 360. The van der Waals surface area contributed by atoms with Crippen LogP contribution in [0, 0.1) is 19.3 Å². The molecule has 82 valence electrons. The summed E-state index contributed by atoms with van der Waals surface area (Å²) in [5.41, 5.74) is 2.39. The van der Waals surface area contributed by atoms with Gasteiger partial charge in [-0.05, 0) is 25.0 Å². The molecule has 0 saturated heterocycles. The first-order valence-corrected chi connectivity index (χ1v) is 5.60. The number of carbonyl (C=O) groups is 1. The number of Topliss-reactive ketones (excluding diaryl/α,β-unsaturated/α-hetero) is 1. The SMILES string of the molecule is Cc1cccc(C)c1C(=O)C(C)(C)CCl. The van der Waals surface area contributed by atoms with Crippen LogP contribution in [0.2, 0.25) is 0 Å². The summed E-state index contributed by atoms with van der Waals surface area (Å²) in [5, 5.41) is 0. The van der Waals surface area contributed by atoms with Gasteiger partial charge in [-0.3, -0.25) is 4.79 Å². The first-order valence-electron chi connectivity index (χ1n) is 5.07. The zero-order valence-corrected chi connectivity index (χ0v) is 10.5. The summed E-state index contributed by atoms with van der Waals surface area (Å²) in [6.07, 6.45) is 0. The van der Waals surface area contributed by atoms with E-state index < -0.39 is 5.41 Å². The molecule has 0 saturated carbocycles. The first-order chi connectivity index (χ1) is 6.90.